The van der Waals surface area contributed by atoms with E-state index in [2.05, 4.69) is 91.3 Å². The second-order valence-corrected chi connectivity index (χ2v) is 15.9. The standard InChI is InChI=1S/C48H78NO10P/c1-3-5-7-9-11-13-15-17-19-21-22-24-26-28-30-32-34-36-38-40-47(51)59-44(42-57-60(54,55)58-43-45(49)48(52)53)41-56-46(50)39-37-35-33-31-29-27-25-23-20-18-16-14-12-10-8-6-4-2/h5,7,11,13,17,19,22,24-25,27-28,30-31,33-34,36,44-45H,3-4,6,8-10,12,14-16,18,20-21,23,26,29,32,35,37-43,49H2,1-2H3,(H,52,53)(H,54,55)/b7-5+,13-11+,19-17+,24-22+,27-25+,30-28+,33-31+,36-34+/t44-,45+/m1/s1. The summed E-state index contributed by atoms with van der Waals surface area (Å²) in [6, 6.07) is -1.54. The fraction of sp³-hybridized carbons (Fsp3) is 0.604. The fourth-order valence-corrected chi connectivity index (χ4v) is 6.14. The monoisotopic (exact) mass is 860 g/mol. The number of allylic oxidation sites excluding steroid dienone is 16. The van der Waals surface area contributed by atoms with Crippen LogP contribution in [-0.4, -0.2) is 59.9 Å². The smallest absolute Gasteiger partial charge is 0.472 e. The first-order valence-electron chi connectivity index (χ1n) is 22.3. The highest BCUT2D eigenvalue weighted by atomic mass is 31.2. The summed E-state index contributed by atoms with van der Waals surface area (Å²) in [6.07, 6.45) is 53.6. The molecule has 0 aliphatic carbocycles. The van der Waals surface area contributed by atoms with Gasteiger partial charge in [-0.3, -0.25) is 23.4 Å². The zero-order chi connectivity index (χ0) is 44.2. The van der Waals surface area contributed by atoms with E-state index in [9.17, 15) is 23.8 Å². The van der Waals surface area contributed by atoms with Crippen molar-refractivity contribution in [1.29, 1.82) is 0 Å². The molecular weight excluding hydrogens is 781 g/mol. The Hall–Kier alpha value is -3.60. The van der Waals surface area contributed by atoms with Gasteiger partial charge in [-0.2, -0.15) is 0 Å². The SMILES string of the molecule is CC/C=C/C/C=C/C/C=C/C/C=C/C/C=C/C/C=C/CCC(=O)O[C@H](COC(=O)CCC/C=C/C/C=C/CCCCCCCCCCC)COP(=O)(O)OC[C@H](N)C(=O)O. The van der Waals surface area contributed by atoms with Crippen LogP contribution in [0.15, 0.2) is 97.2 Å². The second kappa shape index (κ2) is 42.1. The maximum atomic E-state index is 12.6. The number of nitrogens with two attached hydrogens (primary N) is 1. The Morgan fingerprint density at radius 1 is 0.533 bits per heavy atom. The van der Waals surface area contributed by atoms with E-state index >= 15 is 0 Å². The van der Waals surface area contributed by atoms with Crippen molar-refractivity contribution in [2.75, 3.05) is 19.8 Å². The molecule has 4 N–H and O–H groups in total. The number of carboxylic acid groups (broad SMARTS) is 1. The van der Waals surface area contributed by atoms with Crippen molar-refractivity contribution < 1.29 is 47.5 Å². The summed E-state index contributed by atoms with van der Waals surface area (Å²) < 4.78 is 32.6. The van der Waals surface area contributed by atoms with Crippen LogP contribution in [0, 0.1) is 0 Å². The molecular formula is C48H78NO10P. The zero-order valence-corrected chi connectivity index (χ0v) is 37.6. The molecule has 0 spiro atoms. The number of hydrogen-bond donors (Lipinski definition) is 3. The van der Waals surface area contributed by atoms with Crippen LogP contribution in [0.5, 0.6) is 0 Å². The minimum atomic E-state index is -4.75. The van der Waals surface area contributed by atoms with Crippen LogP contribution in [0.3, 0.4) is 0 Å². The summed E-state index contributed by atoms with van der Waals surface area (Å²) in [5.74, 6) is -2.56. The molecule has 0 amide bonds. The van der Waals surface area contributed by atoms with Gasteiger partial charge in [0, 0.05) is 12.8 Å². The first-order chi connectivity index (χ1) is 29.1. The zero-order valence-electron chi connectivity index (χ0n) is 36.8. The lowest BCUT2D eigenvalue weighted by Gasteiger charge is -2.20. The molecule has 0 fully saturated rings. The molecule has 0 aliphatic rings. The Balaban J connectivity index is 4.56. The van der Waals surface area contributed by atoms with Gasteiger partial charge in [0.25, 0.3) is 0 Å². The lowest BCUT2D eigenvalue weighted by molar-refractivity contribution is -0.161. The topological polar surface area (TPSA) is 172 Å². The fourth-order valence-electron chi connectivity index (χ4n) is 5.36. The van der Waals surface area contributed by atoms with Gasteiger partial charge in [0.1, 0.15) is 12.6 Å². The van der Waals surface area contributed by atoms with Crippen LogP contribution in [0.1, 0.15) is 155 Å². The maximum absolute atomic E-state index is 12.6. The minimum absolute atomic E-state index is 0.0220. The van der Waals surface area contributed by atoms with E-state index in [1.54, 1.807) is 0 Å². The summed E-state index contributed by atoms with van der Waals surface area (Å²) in [7, 11) is -4.75. The van der Waals surface area contributed by atoms with Crippen molar-refractivity contribution in [3.63, 3.8) is 0 Å². The van der Waals surface area contributed by atoms with Crippen molar-refractivity contribution in [1.82, 2.24) is 0 Å². The number of unbranched alkanes of at least 4 members (excludes halogenated alkanes) is 10. The molecule has 0 aromatic rings. The Morgan fingerprint density at radius 3 is 1.47 bits per heavy atom. The highest BCUT2D eigenvalue weighted by Gasteiger charge is 2.28. The van der Waals surface area contributed by atoms with Gasteiger partial charge in [-0.15, -0.1) is 0 Å². The molecule has 0 heterocycles. The summed E-state index contributed by atoms with van der Waals surface area (Å²) >= 11 is 0. The number of phosphoric acid groups is 1. The minimum Gasteiger partial charge on any atom is -0.480 e. The summed E-state index contributed by atoms with van der Waals surface area (Å²) in [5, 5.41) is 8.89. The maximum Gasteiger partial charge on any atom is 0.472 e. The van der Waals surface area contributed by atoms with Crippen LogP contribution < -0.4 is 5.73 Å². The Kier molecular flexibility index (Phi) is 39.6. The second-order valence-electron chi connectivity index (χ2n) is 14.4. The predicted molar refractivity (Wildman–Crippen MR) is 244 cm³/mol. The molecule has 0 aromatic heterocycles. The molecule has 11 nitrogen and oxygen atoms in total. The summed E-state index contributed by atoms with van der Waals surface area (Å²) in [6.45, 7) is 2.56. The summed E-state index contributed by atoms with van der Waals surface area (Å²) in [4.78, 5) is 45.9. The van der Waals surface area contributed by atoms with E-state index in [4.69, 9.17) is 24.8 Å². The first kappa shape index (κ1) is 56.4. The molecule has 0 bridgehead atoms. The number of aliphatic carboxylic acids is 1. The lowest BCUT2D eigenvalue weighted by atomic mass is 10.1. The number of phosphoric ester groups is 1. The molecule has 60 heavy (non-hydrogen) atoms. The van der Waals surface area contributed by atoms with Gasteiger partial charge < -0.3 is 25.2 Å². The van der Waals surface area contributed by atoms with Crippen LogP contribution in [0.2, 0.25) is 0 Å². The number of carbonyl (C=O) groups excluding carboxylic acids is 2. The molecule has 0 aromatic carbocycles. The van der Waals surface area contributed by atoms with Gasteiger partial charge in [-0.05, 0) is 77.0 Å². The normalized spacial score (nSPS) is 14.6. The Morgan fingerprint density at radius 2 is 0.967 bits per heavy atom. The predicted octanol–water partition coefficient (Wildman–Crippen LogP) is 12.1. The summed E-state index contributed by atoms with van der Waals surface area (Å²) in [5.41, 5.74) is 5.33. The Bertz CT molecular complexity index is 1380. The largest absolute Gasteiger partial charge is 0.480 e. The number of rotatable bonds is 40. The molecule has 12 heteroatoms. The van der Waals surface area contributed by atoms with Gasteiger partial charge in [0.2, 0.25) is 0 Å². The van der Waals surface area contributed by atoms with E-state index in [0.717, 1.165) is 44.9 Å². The van der Waals surface area contributed by atoms with Gasteiger partial charge in [-0.1, -0.05) is 162 Å². The third kappa shape index (κ3) is 41.1. The van der Waals surface area contributed by atoms with Crippen molar-refractivity contribution in [3.05, 3.63) is 97.2 Å². The molecule has 3 atom stereocenters. The molecule has 0 saturated heterocycles. The van der Waals surface area contributed by atoms with Crippen LogP contribution in [0.25, 0.3) is 0 Å². The van der Waals surface area contributed by atoms with Crippen molar-refractivity contribution in [2.24, 2.45) is 5.73 Å². The highest BCUT2D eigenvalue weighted by Crippen LogP contribution is 2.43. The van der Waals surface area contributed by atoms with E-state index in [1.807, 2.05) is 24.3 Å². The number of carbonyl (C=O) groups is 3. The van der Waals surface area contributed by atoms with Crippen LogP contribution in [0.4, 0.5) is 0 Å². The van der Waals surface area contributed by atoms with Gasteiger partial charge in [0.15, 0.2) is 6.10 Å². The third-order valence-electron chi connectivity index (χ3n) is 8.83. The quantitative estimate of drug-likeness (QED) is 0.0232. The highest BCUT2D eigenvalue weighted by molar-refractivity contribution is 7.47. The molecule has 0 radical (unpaired) electrons. The van der Waals surface area contributed by atoms with E-state index in [1.165, 1.54) is 57.8 Å². The van der Waals surface area contributed by atoms with Gasteiger partial charge in [0.05, 0.1) is 13.2 Å². The number of esters is 2. The molecule has 0 aliphatic heterocycles. The number of hydrogen-bond acceptors (Lipinski definition) is 9. The lowest BCUT2D eigenvalue weighted by Crippen LogP contribution is -2.34. The number of carboxylic acids is 1. The van der Waals surface area contributed by atoms with Gasteiger partial charge >= 0.3 is 25.7 Å². The van der Waals surface area contributed by atoms with Crippen molar-refractivity contribution in [2.45, 2.75) is 167 Å². The molecule has 1 unspecified atom stereocenters. The van der Waals surface area contributed by atoms with Gasteiger partial charge in [-0.25, -0.2) is 4.57 Å². The van der Waals surface area contributed by atoms with E-state index in [-0.39, 0.29) is 12.8 Å². The average molecular weight is 860 g/mol. The van der Waals surface area contributed by atoms with E-state index in [0.29, 0.717) is 25.7 Å². The number of ether oxygens (including phenoxy) is 2. The first-order valence-corrected chi connectivity index (χ1v) is 23.8. The van der Waals surface area contributed by atoms with E-state index < -0.39 is 57.7 Å². The van der Waals surface area contributed by atoms with Crippen LogP contribution >= 0.6 is 7.82 Å². The van der Waals surface area contributed by atoms with Crippen molar-refractivity contribution >= 4 is 25.7 Å². The molecule has 340 valence electrons. The molecule has 0 rings (SSSR count). The average Bonchev–Trinajstić information content (AvgIpc) is 3.22. The van der Waals surface area contributed by atoms with Crippen LogP contribution in [-0.2, 0) is 37.5 Å². The Labute approximate surface area is 362 Å². The van der Waals surface area contributed by atoms with Crippen molar-refractivity contribution in [3.8, 4) is 0 Å². The third-order valence-corrected chi connectivity index (χ3v) is 9.78. The molecule has 0 saturated carbocycles.